The van der Waals surface area contributed by atoms with E-state index < -0.39 is 0 Å². The molecule has 3 heterocycles. The summed E-state index contributed by atoms with van der Waals surface area (Å²) in [5.41, 5.74) is 6.39. The van der Waals surface area contributed by atoms with Crippen LogP contribution >= 0.6 is 23.2 Å². The molecular formula is C34H31Cl2N5O3. The van der Waals surface area contributed by atoms with Crippen molar-refractivity contribution < 1.29 is 13.9 Å². The molecule has 0 amide bonds. The number of furan rings is 1. The molecule has 0 saturated carbocycles. The van der Waals surface area contributed by atoms with Crippen LogP contribution in [-0.2, 0) is 6.54 Å². The third-order valence-electron chi connectivity index (χ3n) is 7.93. The Balaban J connectivity index is 1.24. The van der Waals surface area contributed by atoms with Crippen LogP contribution in [0.3, 0.4) is 0 Å². The lowest BCUT2D eigenvalue weighted by atomic mass is 10.0. The van der Waals surface area contributed by atoms with Crippen LogP contribution in [0.2, 0.25) is 10.0 Å². The molecule has 10 heteroatoms. The second-order valence-corrected chi connectivity index (χ2v) is 11.5. The highest BCUT2D eigenvalue weighted by molar-refractivity contribution is 6.37. The SMILES string of the molecule is COc1cc(Nc2c(C#N)cnc3cc(-c4coc(CN5CCN(c6ccc(C)cc6)CC5)c4)c(OC)cc23)c(Cl)cc1Cl. The Morgan fingerprint density at radius 2 is 1.70 bits per heavy atom. The Morgan fingerprint density at radius 1 is 0.955 bits per heavy atom. The molecule has 0 bridgehead atoms. The first-order chi connectivity index (χ1) is 21.4. The van der Waals surface area contributed by atoms with Gasteiger partial charge < -0.3 is 24.1 Å². The van der Waals surface area contributed by atoms with Gasteiger partial charge in [0.1, 0.15) is 23.3 Å². The molecule has 1 aliphatic rings. The van der Waals surface area contributed by atoms with Crippen LogP contribution < -0.4 is 19.7 Å². The fourth-order valence-electron chi connectivity index (χ4n) is 5.49. The predicted molar refractivity (Wildman–Crippen MR) is 176 cm³/mol. The van der Waals surface area contributed by atoms with Gasteiger partial charge in [-0.1, -0.05) is 40.9 Å². The lowest BCUT2D eigenvalue weighted by Crippen LogP contribution is -2.45. The zero-order chi connectivity index (χ0) is 30.8. The number of aromatic nitrogens is 1. The maximum Gasteiger partial charge on any atom is 0.139 e. The van der Waals surface area contributed by atoms with Gasteiger partial charge in [-0.3, -0.25) is 9.88 Å². The third-order valence-corrected chi connectivity index (χ3v) is 8.53. The zero-order valence-corrected chi connectivity index (χ0v) is 26.2. The molecule has 1 N–H and O–H groups in total. The first-order valence-corrected chi connectivity index (χ1v) is 14.9. The van der Waals surface area contributed by atoms with Crippen molar-refractivity contribution in [3.05, 3.63) is 94.0 Å². The lowest BCUT2D eigenvalue weighted by molar-refractivity contribution is 0.230. The summed E-state index contributed by atoms with van der Waals surface area (Å²) in [4.78, 5) is 9.42. The average Bonchev–Trinajstić information content (AvgIpc) is 3.50. The number of fused-ring (bicyclic) bond motifs is 1. The average molecular weight is 629 g/mol. The maximum absolute atomic E-state index is 9.89. The number of hydrogen-bond acceptors (Lipinski definition) is 8. The molecule has 0 radical (unpaired) electrons. The van der Waals surface area contributed by atoms with Gasteiger partial charge in [0.2, 0.25) is 0 Å². The first kappa shape index (κ1) is 29.6. The molecule has 1 saturated heterocycles. The van der Waals surface area contributed by atoms with Gasteiger partial charge in [0.05, 0.1) is 59.5 Å². The molecule has 3 aromatic carbocycles. The molecule has 1 fully saturated rings. The van der Waals surface area contributed by atoms with Crippen molar-refractivity contribution in [2.75, 3.05) is 50.6 Å². The lowest BCUT2D eigenvalue weighted by Gasteiger charge is -2.35. The minimum atomic E-state index is 0.352. The van der Waals surface area contributed by atoms with Crippen LogP contribution in [0.25, 0.3) is 22.0 Å². The summed E-state index contributed by atoms with van der Waals surface area (Å²) >= 11 is 12.7. The molecule has 0 aliphatic carbocycles. The monoisotopic (exact) mass is 627 g/mol. The van der Waals surface area contributed by atoms with Gasteiger partial charge in [-0.05, 0) is 43.3 Å². The van der Waals surface area contributed by atoms with Crippen molar-refractivity contribution in [1.29, 1.82) is 5.26 Å². The van der Waals surface area contributed by atoms with Crippen molar-refractivity contribution in [2.45, 2.75) is 13.5 Å². The fraction of sp³-hybridized carbons (Fsp3) is 0.235. The number of pyridine rings is 1. The molecule has 2 aromatic heterocycles. The Morgan fingerprint density at radius 3 is 2.41 bits per heavy atom. The summed E-state index contributed by atoms with van der Waals surface area (Å²) < 4.78 is 17.2. The second kappa shape index (κ2) is 12.7. The number of nitrogens with one attached hydrogen (secondary N) is 1. The summed E-state index contributed by atoms with van der Waals surface area (Å²) in [6.07, 6.45) is 3.29. The van der Waals surface area contributed by atoms with Gasteiger partial charge in [-0.2, -0.15) is 5.26 Å². The Bertz CT molecular complexity index is 1860. The number of piperazine rings is 1. The van der Waals surface area contributed by atoms with Crippen LogP contribution in [0.5, 0.6) is 11.5 Å². The van der Waals surface area contributed by atoms with Crippen molar-refractivity contribution in [3.63, 3.8) is 0 Å². The highest BCUT2D eigenvalue weighted by Gasteiger charge is 2.21. The largest absolute Gasteiger partial charge is 0.496 e. The van der Waals surface area contributed by atoms with Crippen molar-refractivity contribution in [3.8, 4) is 28.7 Å². The maximum atomic E-state index is 9.89. The van der Waals surface area contributed by atoms with Gasteiger partial charge >= 0.3 is 0 Å². The highest BCUT2D eigenvalue weighted by Crippen LogP contribution is 2.41. The normalized spacial score (nSPS) is 13.6. The number of ether oxygens (including phenoxy) is 2. The van der Waals surface area contributed by atoms with Gasteiger partial charge in [0.25, 0.3) is 0 Å². The molecule has 0 atom stereocenters. The summed E-state index contributed by atoms with van der Waals surface area (Å²) in [5, 5.41) is 14.7. The number of benzene rings is 3. The summed E-state index contributed by atoms with van der Waals surface area (Å²) in [5.74, 6) is 1.96. The van der Waals surface area contributed by atoms with E-state index in [4.69, 9.17) is 37.1 Å². The predicted octanol–water partition coefficient (Wildman–Crippen LogP) is 8.06. The van der Waals surface area contributed by atoms with Gasteiger partial charge in [0, 0.05) is 60.6 Å². The molecule has 0 spiro atoms. The standard InChI is InChI=1S/C34H31Cl2N5O3/c1-21-4-6-24(7-5-21)41-10-8-40(9-11-41)19-25-12-22(20-44-25)26-13-30-27(14-32(26)42-2)34(23(17-37)18-38-30)39-31-16-33(43-3)29(36)15-28(31)35/h4-7,12-16,18,20H,8-11,19H2,1-3H3,(H,38,39). The van der Waals surface area contributed by atoms with Crippen LogP contribution in [0, 0.1) is 18.3 Å². The van der Waals surface area contributed by atoms with E-state index in [1.807, 2.05) is 12.1 Å². The third kappa shape index (κ3) is 6.00. The molecule has 5 aromatic rings. The van der Waals surface area contributed by atoms with E-state index in [0.717, 1.165) is 49.6 Å². The van der Waals surface area contributed by atoms with Crippen molar-refractivity contribution in [2.24, 2.45) is 0 Å². The number of aryl methyl sites for hydroxylation is 1. The molecule has 6 rings (SSSR count). The zero-order valence-electron chi connectivity index (χ0n) is 24.7. The van der Waals surface area contributed by atoms with Gasteiger partial charge in [0.15, 0.2) is 0 Å². The second-order valence-electron chi connectivity index (χ2n) is 10.7. The van der Waals surface area contributed by atoms with E-state index in [1.165, 1.54) is 18.4 Å². The van der Waals surface area contributed by atoms with Crippen molar-refractivity contribution >= 4 is 51.2 Å². The van der Waals surface area contributed by atoms with Crippen LogP contribution in [0.4, 0.5) is 17.1 Å². The number of nitriles is 1. The number of anilines is 3. The van der Waals surface area contributed by atoms with Crippen LogP contribution in [-0.4, -0.2) is 50.3 Å². The smallest absolute Gasteiger partial charge is 0.139 e. The Hall–Kier alpha value is -4.42. The number of halogens is 2. The number of rotatable bonds is 8. The molecular weight excluding hydrogens is 597 g/mol. The summed E-state index contributed by atoms with van der Waals surface area (Å²) in [6, 6.07) is 20.1. The first-order valence-electron chi connectivity index (χ1n) is 14.2. The minimum absolute atomic E-state index is 0.352. The van der Waals surface area contributed by atoms with Gasteiger partial charge in [-0.15, -0.1) is 0 Å². The number of methoxy groups -OCH3 is 2. The molecule has 0 unspecified atom stereocenters. The summed E-state index contributed by atoms with van der Waals surface area (Å²) in [7, 11) is 3.15. The Kier molecular flexibility index (Phi) is 8.53. The quantitative estimate of drug-likeness (QED) is 0.185. The van der Waals surface area contributed by atoms with Crippen LogP contribution in [0.15, 0.2) is 71.5 Å². The van der Waals surface area contributed by atoms with Crippen LogP contribution in [0.1, 0.15) is 16.9 Å². The van der Waals surface area contributed by atoms with E-state index in [2.05, 4.69) is 63.4 Å². The number of hydrogen-bond donors (Lipinski definition) is 1. The molecule has 224 valence electrons. The molecule has 8 nitrogen and oxygen atoms in total. The minimum Gasteiger partial charge on any atom is -0.496 e. The highest BCUT2D eigenvalue weighted by atomic mass is 35.5. The van der Waals surface area contributed by atoms with Crippen molar-refractivity contribution in [1.82, 2.24) is 9.88 Å². The van der Waals surface area contributed by atoms with E-state index in [-0.39, 0.29) is 0 Å². The van der Waals surface area contributed by atoms with E-state index in [0.29, 0.717) is 49.4 Å². The van der Waals surface area contributed by atoms with E-state index >= 15 is 0 Å². The topological polar surface area (TPSA) is 86.8 Å². The fourth-order valence-corrected chi connectivity index (χ4v) is 6.00. The molecule has 1 aliphatic heterocycles. The van der Waals surface area contributed by atoms with E-state index in [1.54, 1.807) is 31.7 Å². The number of nitrogens with zero attached hydrogens (tertiary/aromatic N) is 4. The Labute approximate surface area is 266 Å². The van der Waals surface area contributed by atoms with E-state index in [9.17, 15) is 5.26 Å². The summed E-state index contributed by atoms with van der Waals surface area (Å²) in [6.45, 7) is 6.67. The van der Waals surface area contributed by atoms with Gasteiger partial charge in [-0.25, -0.2) is 0 Å². The molecule has 44 heavy (non-hydrogen) atoms.